The van der Waals surface area contributed by atoms with Crippen LogP contribution in [0.2, 0.25) is 0 Å². The van der Waals surface area contributed by atoms with Crippen molar-refractivity contribution >= 4 is 46.5 Å². The predicted octanol–water partition coefficient (Wildman–Crippen LogP) is 1.28. The molecule has 17 heteroatoms. The number of aliphatic imine (C=N–C) groups is 1. The van der Waals surface area contributed by atoms with E-state index in [2.05, 4.69) is 31.2 Å². The molecule has 3 rings (SSSR count). The van der Waals surface area contributed by atoms with Crippen LogP contribution in [0.5, 0.6) is 0 Å². The highest BCUT2D eigenvalue weighted by atomic mass is 16.5. The maximum atomic E-state index is 14.4. The lowest BCUT2D eigenvalue weighted by Gasteiger charge is -2.34. The fourth-order valence-corrected chi connectivity index (χ4v) is 7.37. The number of benzene rings is 1. The van der Waals surface area contributed by atoms with Crippen LogP contribution < -0.4 is 44.2 Å². The van der Waals surface area contributed by atoms with Crippen molar-refractivity contribution in [1.82, 2.24) is 31.2 Å². The van der Waals surface area contributed by atoms with Crippen LogP contribution in [0.3, 0.4) is 0 Å². The molecule has 0 radical (unpaired) electrons. The first-order valence-electron chi connectivity index (χ1n) is 21.1. The lowest BCUT2D eigenvalue weighted by Crippen LogP contribution is -2.61. The highest BCUT2D eigenvalue weighted by molar-refractivity contribution is 5.96. The minimum absolute atomic E-state index is 0.0240. The van der Waals surface area contributed by atoms with Gasteiger partial charge < -0.3 is 58.8 Å². The first-order chi connectivity index (χ1) is 28.0. The molecule has 0 bridgehead atoms. The van der Waals surface area contributed by atoms with E-state index in [9.17, 15) is 24.0 Å². The number of rotatable bonds is 24. The Morgan fingerprint density at radius 1 is 0.966 bits per heavy atom. The summed E-state index contributed by atoms with van der Waals surface area (Å²) in [6.07, 6.45) is 6.55. The third-order valence-electron chi connectivity index (χ3n) is 10.5. The normalized spacial score (nSPS) is 16.8. The average Bonchev–Trinajstić information content (AvgIpc) is 3.83. The van der Waals surface area contributed by atoms with E-state index in [-0.39, 0.29) is 36.9 Å². The number of aromatic nitrogens is 1. The van der Waals surface area contributed by atoms with Gasteiger partial charge in [0.1, 0.15) is 24.2 Å². The summed E-state index contributed by atoms with van der Waals surface area (Å²) in [6, 6.07) is 2.87. The quantitative estimate of drug-likeness (QED) is 0.0315. The molecular formula is C42H71N11O6. The van der Waals surface area contributed by atoms with E-state index >= 15 is 0 Å². The summed E-state index contributed by atoms with van der Waals surface area (Å²) in [5, 5.41) is 12.9. The fraction of sp³-hybridized carbons (Fsp3) is 0.667. The van der Waals surface area contributed by atoms with Gasteiger partial charge in [0, 0.05) is 49.2 Å². The molecule has 17 nitrogen and oxygen atoms in total. The molecule has 2 heterocycles. The van der Waals surface area contributed by atoms with Crippen LogP contribution in [0.15, 0.2) is 35.5 Å². The van der Waals surface area contributed by atoms with Crippen LogP contribution >= 0.6 is 0 Å². The number of ether oxygens (including phenoxy) is 1. The highest BCUT2D eigenvalue weighted by Gasteiger charge is 2.40. The number of carbonyl (C=O) groups is 5. The number of esters is 1. The highest BCUT2D eigenvalue weighted by Crippen LogP contribution is 2.24. The van der Waals surface area contributed by atoms with E-state index in [0.29, 0.717) is 71.1 Å². The topological polar surface area (TPSA) is 278 Å². The van der Waals surface area contributed by atoms with Crippen LogP contribution in [-0.2, 0) is 35.1 Å². The molecule has 1 aromatic carbocycles. The molecule has 1 fully saturated rings. The van der Waals surface area contributed by atoms with Crippen molar-refractivity contribution in [2.45, 2.75) is 136 Å². The summed E-state index contributed by atoms with van der Waals surface area (Å²) in [5.74, 6) is -2.26. The van der Waals surface area contributed by atoms with Crippen molar-refractivity contribution in [3.63, 3.8) is 0 Å². The number of amides is 4. The molecule has 0 saturated carbocycles. The second kappa shape index (κ2) is 23.7. The van der Waals surface area contributed by atoms with Crippen LogP contribution in [0.1, 0.15) is 98.5 Å². The summed E-state index contributed by atoms with van der Waals surface area (Å²) < 4.78 is 5.24. The smallest absolute Gasteiger partial charge is 0.328 e. The molecule has 1 saturated heterocycles. The van der Waals surface area contributed by atoms with E-state index in [1.54, 1.807) is 18.0 Å². The molecule has 6 atom stereocenters. The van der Waals surface area contributed by atoms with Gasteiger partial charge in [0.25, 0.3) is 0 Å². The van der Waals surface area contributed by atoms with Gasteiger partial charge in [-0.05, 0) is 81.4 Å². The van der Waals surface area contributed by atoms with Crippen molar-refractivity contribution in [3.05, 3.63) is 36.0 Å². The summed E-state index contributed by atoms with van der Waals surface area (Å²) in [5.41, 5.74) is 23.9. The number of unbranched alkanes of at least 4 members (excludes halogenated alkanes) is 1. The first-order valence-corrected chi connectivity index (χ1v) is 21.1. The minimum Gasteiger partial charge on any atom is -0.464 e. The van der Waals surface area contributed by atoms with E-state index in [0.717, 1.165) is 22.9 Å². The third kappa shape index (κ3) is 15.4. The number of likely N-dealkylation sites (tertiary alicyclic amines) is 1. The lowest BCUT2D eigenvalue weighted by molar-refractivity contribution is -0.148. The van der Waals surface area contributed by atoms with Gasteiger partial charge in [-0.3, -0.25) is 24.2 Å². The van der Waals surface area contributed by atoms with Crippen LogP contribution in [0.25, 0.3) is 10.9 Å². The molecular weight excluding hydrogens is 755 g/mol. The average molecular weight is 826 g/mol. The number of nitrogens with two attached hydrogens (primary N) is 4. The molecule has 4 amide bonds. The second-order valence-electron chi connectivity index (χ2n) is 17.0. The minimum atomic E-state index is -1.12. The second-order valence-corrected chi connectivity index (χ2v) is 17.0. The SMILES string of the molecule is CCOC(=O)[C@H](CC(C)C)NC(=O)[C@@H](NC(=O)[C@H](Cc1c[nH]c2ccccc12)NC(=O)[C@@H]1CCCN1C(=O)[C@H](CCCCN)NC[C@@H](N)CCCN=C(N)N)C(C)(C)C. The monoisotopic (exact) mass is 826 g/mol. The molecule has 2 aromatic rings. The van der Waals surface area contributed by atoms with E-state index < -0.39 is 59.3 Å². The number of carbonyl (C=O) groups excluding carboxylic acids is 5. The Hall–Kier alpha value is -4.74. The fourth-order valence-electron chi connectivity index (χ4n) is 7.37. The molecule has 0 spiro atoms. The van der Waals surface area contributed by atoms with E-state index in [4.69, 9.17) is 27.7 Å². The zero-order chi connectivity index (χ0) is 43.7. The number of nitrogens with one attached hydrogen (secondary N) is 5. The zero-order valence-electron chi connectivity index (χ0n) is 36.0. The number of aromatic amines is 1. The predicted molar refractivity (Wildman–Crippen MR) is 231 cm³/mol. The number of nitrogens with zero attached hydrogens (tertiary/aromatic N) is 2. The Morgan fingerprint density at radius 2 is 1.69 bits per heavy atom. The zero-order valence-corrected chi connectivity index (χ0v) is 36.0. The molecule has 0 aliphatic carbocycles. The molecule has 0 unspecified atom stereocenters. The Morgan fingerprint density at radius 3 is 2.36 bits per heavy atom. The lowest BCUT2D eigenvalue weighted by atomic mass is 9.85. The Bertz CT molecular complexity index is 1700. The van der Waals surface area contributed by atoms with Crippen LogP contribution in [0, 0.1) is 11.3 Å². The first kappa shape index (κ1) is 48.6. The Kier molecular flexibility index (Phi) is 19.6. The summed E-state index contributed by atoms with van der Waals surface area (Å²) >= 11 is 0. The van der Waals surface area contributed by atoms with Gasteiger partial charge in [-0.15, -0.1) is 0 Å². The van der Waals surface area contributed by atoms with Crippen molar-refractivity contribution in [3.8, 4) is 0 Å². The van der Waals surface area contributed by atoms with Crippen molar-refractivity contribution < 1.29 is 28.7 Å². The van der Waals surface area contributed by atoms with E-state index in [1.165, 1.54) is 0 Å². The summed E-state index contributed by atoms with van der Waals surface area (Å²) in [4.78, 5) is 78.5. The standard InChI is InChI=1S/C42H71N11O6/c1-7-59-40(58)33(22-26(2)3)51-38(56)35(42(4,5)6)52-36(54)32(23-27-24-48-30-16-9-8-15-29(27)30)50-37(55)34-18-13-21-53(34)39(57)31(17-10-11-19-43)49-25-28(44)14-12-20-47-41(45)46/h8-9,15-16,24,26,28,31-35,48-49H,7,10-14,17-23,25,43-44H2,1-6H3,(H,50,55)(H,51,56)(H,52,54)(H4,45,46,47)/t28-,31-,32-,33-,34-,35+/m0/s1. The number of fused-ring (bicyclic) bond motifs is 1. The Labute approximate surface area is 349 Å². The van der Waals surface area contributed by atoms with Crippen LogP contribution in [-0.4, -0.2) is 114 Å². The van der Waals surface area contributed by atoms with Crippen molar-refractivity contribution in [1.29, 1.82) is 0 Å². The maximum absolute atomic E-state index is 14.4. The Balaban J connectivity index is 1.86. The largest absolute Gasteiger partial charge is 0.464 e. The van der Waals surface area contributed by atoms with Crippen LogP contribution in [0.4, 0.5) is 0 Å². The number of hydrogen-bond acceptors (Lipinski definition) is 10. The number of para-hydroxylation sites is 1. The maximum Gasteiger partial charge on any atom is 0.328 e. The third-order valence-corrected chi connectivity index (χ3v) is 10.5. The van der Waals surface area contributed by atoms with Gasteiger partial charge >= 0.3 is 5.97 Å². The summed E-state index contributed by atoms with van der Waals surface area (Å²) in [6.45, 7) is 12.9. The number of hydrogen-bond donors (Lipinski definition) is 9. The molecule has 330 valence electrons. The molecule has 1 aliphatic rings. The molecule has 1 aromatic heterocycles. The van der Waals surface area contributed by atoms with E-state index in [1.807, 2.05) is 58.9 Å². The summed E-state index contributed by atoms with van der Waals surface area (Å²) in [7, 11) is 0. The van der Waals surface area contributed by atoms with Crippen molar-refractivity contribution in [2.75, 3.05) is 32.8 Å². The van der Waals surface area contributed by atoms with Crippen molar-refractivity contribution in [2.24, 2.45) is 39.3 Å². The van der Waals surface area contributed by atoms with Gasteiger partial charge in [-0.2, -0.15) is 0 Å². The van der Waals surface area contributed by atoms with Gasteiger partial charge in [0.15, 0.2) is 5.96 Å². The van der Waals surface area contributed by atoms with Gasteiger partial charge in [-0.25, -0.2) is 4.79 Å². The molecule has 59 heavy (non-hydrogen) atoms. The molecule has 1 aliphatic heterocycles. The molecule has 13 N–H and O–H groups in total. The number of guanidine groups is 1. The number of H-pyrrole nitrogens is 1. The van der Waals surface area contributed by atoms with Gasteiger partial charge in [0.05, 0.1) is 12.6 Å². The van der Waals surface area contributed by atoms with Gasteiger partial charge in [0.2, 0.25) is 23.6 Å². The van der Waals surface area contributed by atoms with Gasteiger partial charge in [-0.1, -0.05) is 59.2 Å².